The minimum atomic E-state index is 0.350. The van der Waals surface area contributed by atoms with Gasteiger partial charge in [-0.25, -0.2) is 4.98 Å². The average Bonchev–Trinajstić information content (AvgIpc) is 2.60. The standard InChI is InChI=1S/C12H22N2OS/c1-6-11-14-10(4)12(16-11)9(3)13-8(2)7-15-5/h8-9,13H,6-7H2,1-5H3. The second-order valence-corrected chi connectivity index (χ2v) is 5.27. The van der Waals surface area contributed by atoms with Crippen molar-refractivity contribution in [2.75, 3.05) is 13.7 Å². The third kappa shape index (κ3) is 3.54. The topological polar surface area (TPSA) is 34.2 Å². The Hall–Kier alpha value is -0.450. The monoisotopic (exact) mass is 242 g/mol. The van der Waals surface area contributed by atoms with Crippen LogP contribution in [0.2, 0.25) is 0 Å². The van der Waals surface area contributed by atoms with Crippen LogP contribution in [0.25, 0.3) is 0 Å². The van der Waals surface area contributed by atoms with E-state index in [1.54, 1.807) is 7.11 Å². The van der Waals surface area contributed by atoms with Crippen molar-refractivity contribution in [2.24, 2.45) is 0 Å². The highest BCUT2D eigenvalue weighted by Gasteiger charge is 2.15. The normalized spacial score (nSPS) is 15.1. The largest absolute Gasteiger partial charge is 0.383 e. The number of ether oxygens (including phenoxy) is 1. The van der Waals surface area contributed by atoms with E-state index < -0.39 is 0 Å². The molecule has 0 fully saturated rings. The Morgan fingerprint density at radius 3 is 2.62 bits per heavy atom. The molecular weight excluding hydrogens is 220 g/mol. The van der Waals surface area contributed by atoms with Crippen molar-refractivity contribution in [3.8, 4) is 0 Å². The van der Waals surface area contributed by atoms with Crippen LogP contribution in [0.15, 0.2) is 0 Å². The van der Waals surface area contributed by atoms with Crippen LogP contribution in [0, 0.1) is 6.92 Å². The molecular formula is C12H22N2OS. The van der Waals surface area contributed by atoms with E-state index in [0.29, 0.717) is 12.1 Å². The molecule has 1 heterocycles. The molecule has 16 heavy (non-hydrogen) atoms. The molecule has 3 nitrogen and oxygen atoms in total. The van der Waals surface area contributed by atoms with E-state index in [9.17, 15) is 0 Å². The van der Waals surface area contributed by atoms with Gasteiger partial charge in [-0.05, 0) is 27.2 Å². The average molecular weight is 242 g/mol. The van der Waals surface area contributed by atoms with Gasteiger partial charge in [-0.1, -0.05) is 6.92 Å². The lowest BCUT2D eigenvalue weighted by molar-refractivity contribution is 0.168. The first-order chi connectivity index (χ1) is 7.58. The number of hydrogen-bond donors (Lipinski definition) is 1. The van der Waals surface area contributed by atoms with Gasteiger partial charge in [0.15, 0.2) is 0 Å². The molecule has 1 aromatic heterocycles. The molecule has 1 rings (SSSR count). The zero-order chi connectivity index (χ0) is 12.1. The Bertz CT molecular complexity index is 325. The van der Waals surface area contributed by atoms with E-state index >= 15 is 0 Å². The lowest BCUT2D eigenvalue weighted by Crippen LogP contribution is -2.32. The summed E-state index contributed by atoms with van der Waals surface area (Å²) in [6.07, 6.45) is 1.02. The second-order valence-electron chi connectivity index (χ2n) is 4.16. The van der Waals surface area contributed by atoms with E-state index in [1.807, 2.05) is 11.3 Å². The molecule has 0 radical (unpaired) electrons. The van der Waals surface area contributed by atoms with E-state index in [4.69, 9.17) is 4.74 Å². The van der Waals surface area contributed by atoms with Crippen LogP contribution in [0.1, 0.15) is 42.4 Å². The van der Waals surface area contributed by atoms with E-state index in [-0.39, 0.29) is 0 Å². The van der Waals surface area contributed by atoms with Gasteiger partial charge in [-0.2, -0.15) is 0 Å². The highest BCUT2D eigenvalue weighted by molar-refractivity contribution is 7.11. The quantitative estimate of drug-likeness (QED) is 0.833. The molecule has 0 amide bonds. The van der Waals surface area contributed by atoms with Gasteiger partial charge in [0.2, 0.25) is 0 Å². The lowest BCUT2D eigenvalue weighted by atomic mass is 10.2. The number of methoxy groups -OCH3 is 1. The van der Waals surface area contributed by atoms with Gasteiger partial charge in [0.25, 0.3) is 0 Å². The Labute approximate surface area is 102 Å². The third-order valence-electron chi connectivity index (χ3n) is 2.52. The van der Waals surface area contributed by atoms with E-state index in [2.05, 4.69) is 38.0 Å². The second kappa shape index (κ2) is 6.33. The van der Waals surface area contributed by atoms with Gasteiger partial charge in [0.05, 0.1) is 17.3 Å². The van der Waals surface area contributed by atoms with Crippen LogP contribution < -0.4 is 5.32 Å². The summed E-state index contributed by atoms with van der Waals surface area (Å²) in [5, 5.41) is 4.74. The van der Waals surface area contributed by atoms with Crippen molar-refractivity contribution in [1.29, 1.82) is 0 Å². The first-order valence-electron chi connectivity index (χ1n) is 5.79. The fourth-order valence-electron chi connectivity index (χ4n) is 1.82. The molecule has 0 aliphatic heterocycles. The van der Waals surface area contributed by atoms with E-state index in [1.165, 1.54) is 9.88 Å². The molecule has 0 bridgehead atoms. The summed E-state index contributed by atoms with van der Waals surface area (Å²) in [7, 11) is 1.73. The molecule has 4 heteroatoms. The number of aromatic nitrogens is 1. The summed E-state index contributed by atoms with van der Waals surface area (Å²) in [6, 6.07) is 0.717. The van der Waals surface area contributed by atoms with Crippen LogP contribution >= 0.6 is 11.3 Å². The molecule has 92 valence electrons. The van der Waals surface area contributed by atoms with Gasteiger partial charge < -0.3 is 10.1 Å². The minimum absolute atomic E-state index is 0.350. The van der Waals surface area contributed by atoms with Gasteiger partial charge in [0, 0.05) is 24.1 Å². The Balaban J connectivity index is 2.64. The smallest absolute Gasteiger partial charge is 0.0928 e. The highest BCUT2D eigenvalue weighted by Crippen LogP contribution is 2.25. The van der Waals surface area contributed by atoms with Crippen molar-refractivity contribution in [2.45, 2.75) is 46.2 Å². The van der Waals surface area contributed by atoms with Crippen LogP contribution in [0.5, 0.6) is 0 Å². The fourth-order valence-corrected chi connectivity index (χ4v) is 2.84. The third-order valence-corrected chi connectivity index (χ3v) is 4.01. The van der Waals surface area contributed by atoms with Crippen molar-refractivity contribution in [3.05, 3.63) is 15.6 Å². The van der Waals surface area contributed by atoms with Crippen LogP contribution in [0.3, 0.4) is 0 Å². The van der Waals surface area contributed by atoms with Gasteiger partial charge in [-0.3, -0.25) is 0 Å². The van der Waals surface area contributed by atoms with Crippen molar-refractivity contribution >= 4 is 11.3 Å². The molecule has 1 aromatic rings. The number of nitrogens with one attached hydrogen (secondary N) is 1. The molecule has 0 spiro atoms. The SMILES string of the molecule is CCc1nc(C)c(C(C)NC(C)COC)s1. The number of rotatable bonds is 6. The molecule has 2 atom stereocenters. The maximum absolute atomic E-state index is 5.12. The summed E-state index contributed by atoms with van der Waals surface area (Å²) in [5.74, 6) is 0. The van der Waals surface area contributed by atoms with Crippen molar-refractivity contribution in [3.63, 3.8) is 0 Å². The molecule has 2 unspecified atom stereocenters. The maximum Gasteiger partial charge on any atom is 0.0928 e. The molecule has 0 aliphatic carbocycles. The molecule has 0 aromatic carbocycles. The summed E-state index contributed by atoms with van der Waals surface area (Å²) in [6.45, 7) is 9.30. The predicted octanol–water partition coefficient (Wildman–Crippen LogP) is 2.70. The Morgan fingerprint density at radius 2 is 2.12 bits per heavy atom. The van der Waals surface area contributed by atoms with E-state index in [0.717, 1.165) is 18.7 Å². The molecule has 0 saturated carbocycles. The molecule has 0 aliphatic rings. The Morgan fingerprint density at radius 1 is 1.44 bits per heavy atom. The van der Waals surface area contributed by atoms with Gasteiger partial charge in [-0.15, -0.1) is 11.3 Å². The number of nitrogens with zero attached hydrogens (tertiary/aromatic N) is 1. The van der Waals surface area contributed by atoms with Crippen LogP contribution in [-0.4, -0.2) is 24.7 Å². The summed E-state index contributed by atoms with van der Waals surface area (Å²) in [4.78, 5) is 5.90. The summed E-state index contributed by atoms with van der Waals surface area (Å²) in [5.41, 5.74) is 1.16. The minimum Gasteiger partial charge on any atom is -0.383 e. The van der Waals surface area contributed by atoms with Crippen LogP contribution in [0.4, 0.5) is 0 Å². The first kappa shape index (κ1) is 13.6. The molecule has 1 N–H and O–H groups in total. The summed E-state index contributed by atoms with van der Waals surface area (Å²) < 4.78 is 5.12. The fraction of sp³-hybridized carbons (Fsp3) is 0.750. The number of thiazole rings is 1. The number of aryl methyl sites for hydroxylation is 2. The summed E-state index contributed by atoms with van der Waals surface area (Å²) >= 11 is 1.81. The number of hydrogen-bond acceptors (Lipinski definition) is 4. The Kier molecular flexibility index (Phi) is 5.38. The zero-order valence-electron chi connectivity index (χ0n) is 10.8. The van der Waals surface area contributed by atoms with Crippen molar-refractivity contribution < 1.29 is 4.74 Å². The maximum atomic E-state index is 5.12. The van der Waals surface area contributed by atoms with Crippen LogP contribution in [-0.2, 0) is 11.2 Å². The zero-order valence-corrected chi connectivity index (χ0v) is 11.6. The van der Waals surface area contributed by atoms with Crippen molar-refractivity contribution in [1.82, 2.24) is 10.3 Å². The molecule has 0 saturated heterocycles. The first-order valence-corrected chi connectivity index (χ1v) is 6.61. The van der Waals surface area contributed by atoms with Gasteiger partial charge >= 0.3 is 0 Å². The predicted molar refractivity (Wildman–Crippen MR) is 69.1 cm³/mol. The van der Waals surface area contributed by atoms with Gasteiger partial charge in [0.1, 0.15) is 0 Å². The highest BCUT2D eigenvalue weighted by atomic mass is 32.1. The lowest BCUT2D eigenvalue weighted by Gasteiger charge is -2.18.